The first kappa shape index (κ1) is 19.1. The summed E-state index contributed by atoms with van der Waals surface area (Å²) in [4.78, 5) is 29.8. The van der Waals surface area contributed by atoms with Gasteiger partial charge in [-0.25, -0.2) is 0 Å². The molecule has 1 atom stereocenters. The van der Waals surface area contributed by atoms with E-state index in [4.69, 9.17) is 9.47 Å². The number of hydrogen-bond acceptors (Lipinski definition) is 5. The Labute approximate surface area is 170 Å². The maximum absolute atomic E-state index is 13.2. The number of hydrogen-bond donors (Lipinski definition) is 1. The minimum atomic E-state index is -1.57. The van der Waals surface area contributed by atoms with Gasteiger partial charge in [0, 0.05) is 26.2 Å². The number of nitrogens with zero attached hydrogens (tertiary/aromatic N) is 2. The van der Waals surface area contributed by atoms with Crippen LogP contribution < -0.4 is 19.7 Å². The van der Waals surface area contributed by atoms with Crippen LogP contribution in [0.4, 0.5) is 11.4 Å². The standard InChI is InChI=1S/C22H25N3O4/c1-15-8-9-18-16(14-15)23-20(26)22(2,29-18)21(27)25-12-10-24(11-13-25)17-6-4-5-7-19(17)28-3/h4-9,14H,10-13H2,1-3H3,(H,23,26). The number of nitrogens with one attached hydrogen (secondary N) is 1. The van der Waals surface area contributed by atoms with E-state index in [1.807, 2.05) is 43.3 Å². The molecule has 0 aromatic heterocycles. The molecule has 2 aliphatic rings. The number of para-hydroxylation sites is 2. The lowest BCUT2D eigenvalue weighted by Gasteiger charge is -2.41. The van der Waals surface area contributed by atoms with Gasteiger partial charge in [-0.1, -0.05) is 18.2 Å². The largest absolute Gasteiger partial charge is 0.495 e. The van der Waals surface area contributed by atoms with Crippen molar-refractivity contribution in [2.45, 2.75) is 19.4 Å². The van der Waals surface area contributed by atoms with E-state index in [-0.39, 0.29) is 5.91 Å². The van der Waals surface area contributed by atoms with Crippen molar-refractivity contribution in [3.05, 3.63) is 48.0 Å². The number of fused-ring (bicyclic) bond motifs is 1. The fraction of sp³-hybridized carbons (Fsp3) is 0.364. The quantitative estimate of drug-likeness (QED) is 0.809. The van der Waals surface area contributed by atoms with Gasteiger partial charge in [-0.15, -0.1) is 0 Å². The summed E-state index contributed by atoms with van der Waals surface area (Å²) in [6.07, 6.45) is 0. The van der Waals surface area contributed by atoms with Crippen molar-refractivity contribution in [1.29, 1.82) is 0 Å². The molecule has 1 saturated heterocycles. The van der Waals surface area contributed by atoms with Crippen LogP contribution >= 0.6 is 0 Å². The van der Waals surface area contributed by atoms with Crippen LogP contribution in [0, 0.1) is 6.92 Å². The van der Waals surface area contributed by atoms with Crippen LogP contribution in [-0.2, 0) is 9.59 Å². The van der Waals surface area contributed by atoms with E-state index < -0.39 is 11.5 Å². The molecule has 2 aliphatic heterocycles. The number of benzene rings is 2. The molecule has 152 valence electrons. The summed E-state index contributed by atoms with van der Waals surface area (Å²) >= 11 is 0. The zero-order valence-electron chi connectivity index (χ0n) is 16.9. The molecule has 0 bridgehead atoms. The molecule has 0 radical (unpaired) electrons. The molecule has 1 unspecified atom stereocenters. The molecule has 2 heterocycles. The lowest BCUT2D eigenvalue weighted by atomic mass is 9.99. The van der Waals surface area contributed by atoms with Crippen LogP contribution in [0.15, 0.2) is 42.5 Å². The first-order valence-electron chi connectivity index (χ1n) is 9.71. The molecular formula is C22H25N3O4. The Bertz CT molecular complexity index is 953. The normalized spacial score (nSPS) is 21.1. The molecule has 2 aromatic rings. The van der Waals surface area contributed by atoms with E-state index in [0.717, 1.165) is 17.0 Å². The van der Waals surface area contributed by atoms with E-state index in [2.05, 4.69) is 10.2 Å². The highest BCUT2D eigenvalue weighted by molar-refractivity contribution is 6.15. The Morgan fingerprint density at radius 1 is 1.14 bits per heavy atom. The molecule has 1 N–H and O–H groups in total. The van der Waals surface area contributed by atoms with E-state index in [0.29, 0.717) is 37.6 Å². The monoisotopic (exact) mass is 395 g/mol. The summed E-state index contributed by atoms with van der Waals surface area (Å²) < 4.78 is 11.4. The number of ether oxygens (including phenoxy) is 2. The van der Waals surface area contributed by atoms with Gasteiger partial charge in [0.15, 0.2) is 0 Å². The number of carbonyl (C=O) groups excluding carboxylic acids is 2. The number of rotatable bonds is 3. The number of amides is 2. The van der Waals surface area contributed by atoms with Crippen LogP contribution in [0.25, 0.3) is 0 Å². The first-order chi connectivity index (χ1) is 13.9. The average molecular weight is 395 g/mol. The van der Waals surface area contributed by atoms with Gasteiger partial charge in [0.05, 0.1) is 18.5 Å². The molecule has 29 heavy (non-hydrogen) atoms. The second kappa shape index (κ2) is 7.31. The van der Waals surface area contributed by atoms with Crippen molar-refractivity contribution >= 4 is 23.2 Å². The van der Waals surface area contributed by atoms with E-state index in [1.54, 1.807) is 25.0 Å². The molecule has 7 heteroatoms. The number of aryl methyl sites for hydroxylation is 1. The molecule has 2 amide bonds. The van der Waals surface area contributed by atoms with Gasteiger partial charge in [0.25, 0.3) is 17.4 Å². The fourth-order valence-electron chi connectivity index (χ4n) is 3.82. The van der Waals surface area contributed by atoms with Gasteiger partial charge in [-0.3, -0.25) is 9.59 Å². The van der Waals surface area contributed by atoms with Crippen LogP contribution in [0.2, 0.25) is 0 Å². The van der Waals surface area contributed by atoms with Gasteiger partial charge < -0.3 is 24.6 Å². The third-order valence-corrected chi connectivity index (χ3v) is 5.53. The predicted octanol–water partition coefficient (Wildman–Crippen LogP) is 2.44. The third kappa shape index (κ3) is 3.37. The van der Waals surface area contributed by atoms with Crippen molar-refractivity contribution in [3.63, 3.8) is 0 Å². The second-order valence-electron chi connectivity index (χ2n) is 7.54. The second-order valence-corrected chi connectivity index (χ2v) is 7.54. The highest BCUT2D eigenvalue weighted by Gasteiger charge is 2.49. The molecule has 0 aliphatic carbocycles. The lowest BCUT2D eigenvalue weighted by Crippen LogP contribution is -2.62. The Morgan fingerprint density at radius 2 is 1.86 bits per heavy atom. The molecule has 7 nitrogen and oxygen atoms in total. The minimum Gasteiger partial charge on any atom is -0.495 e. The van der Waals surface area contributed by atoms with E-state index in [1.165, 1.54) is 0 Å². The minimum absolute atomic E-state index is 0.319. The Hall–Kier alpha value is -3.22. The van der Waals surface area contributed by atoms with Crippen molar-refractivity contribution in [1.82, 2.24) is 4.90 Å². The number of carbonyl (C=O) groups is 2. The summed E-state index contributed by atoms with van der Waals surface area (Å²) in [5.41, 5.74) is 1.04. The Kier molecular flexibility index (Phi) is 4.82. The van der Waals surface area contributed by atoms with Crippen molar-refractivity contribution in [3.8, 4) is 11.5 Å². The van der Waals surface area contributed by atoms with Crippen LogP contribution in [0.1, 0.15) is 12.5 Å². The SMILES string of the molecule is COc1ccccc1N1CCN(C(=O)C2(C)Oc3ccc(C)cc3NC2=O)CC1. The summed E-state index contributed by atoms with van der Waals surface area (Å²) in [5, 5.41) is 2.82. The highest BCUT2D eigenvalue weighted by Crippen LogP contribution is 2.35. The summed E-state index contributed by atoms with van der Waals surface area (Å²) in [7, 11) is 1.65. The van der Waals surface area contributed by atoms with Crippen LogP contribution in [-0.4, -0.2) is 55.6 Å². The van der Waals surface area contributed by atoms with Crippen LogP contribution in [0.3, 0.4) is 0 Å². The van der Waals surface area contributed by atoms with Gasteiger partial charge in [0.2, 0.25) is 0 Å². The van der Waals surface area contributed by atoms with E-state index in [9.17, 15) is 9.59 Å². The summed E-state index contributed by atoms with van der Waals surface area (Å²) in [6.45, 7) is 5.79. The predicted molar refractivity (Wildman–Crippen MR) is 111 cm³/mol. The van der Waals surface area contributed by atoms with Crippen molar-refractivity contribution in [2.24, 2.45) is 0 Å². The molecular weight excluding hydrogens is 370 g/mol. The Balaban J connectivity index is 1.48. The first-order valence-corrected chi connectivity index (χ1v) is 9.71. The molecule has 2 aromatic carbocycles. The molecule has 0 saturated carbocycles. The number of methoxy groups -OCH3 is 1. The Morgan fingerprint density at radius 3 is 2.59 bits per heavy atom. The maximum Gasteiger partial charge on any atom is 0.278 e. The highest BCUT2D eigenvalue weighted by atomic mass is 16.5. The summed E-state index contributed by atoms with van der Waals surface area (Å²) in [5.74, 6) is 0.563. The van der Waals surface area contributed by atoms with Gasteiger partial charge in [-0.05, 0) is 43.7 Å². The third-order valence-electron chi connectivity index (χ3n) is 5.53. The molecule has 4 rings (SSSR count). The zero-order chi connectivity index (χ0) is 20.6. The average Bonchev–Trinajstić information content (AvgIpc) is 2.74. The molecule has 0 spiro atoms. The van der Waals surface area contributed by atoms with Gasteiger partial charge >= 0.3 is 0 Å². The van der Waals surface area contributed by atoms with Gasteiger partial charge in [0.1, 0.15) is 11.5 Å². The van der Waals surface area contributed by atoms with Gasteiger partial charge in [-0.2, -0.15) is 0 Å². The van der Waals surface area contributed by atoms with Crippen molar-refractivity contribution in [2.75, 3.05) is 43.5 Å². The molecule has 1 fully saturated rings. The topological polar surface area (TPSA) is 71.1 Å². The van der Waals surface area contributed by atoms with E-state index >= 15 is 0 Å². The van der Waals surface area contributed by atoms with Crippen molar-refractivity contribution < 1.29 is 19.1 Å². The number of anilines is 2. The van der Waals surface area contributed by atoms with Crippen LogP contribution in [0.5, 0.6) is 11.5 Å². The lowest BCUT2D eigenvalue weighted by molar-refractivity contribution is -0.154. The fourth-order valence-corrected chi connectivity index (χ4v) is 3.82. The number of piperazine rings is 1. The summed E-state index contributed by atoms with van der Waals surface area (Å²) in [6, 6.07) is 13.4. The zero-order valence-corrected chi connectivity index (χ0v) is 16.9. The smallest absolute Gasteiger partial charge is 0.278 e. The maximum atomic E-state index is 13.2.